The molecule has 1 amide bonds. The van der Waals surface area contributed by atoms with Crippen molar-refractivity contribution in [1.82, 2.24) is 5.32 Å². The third-order valence-corrected chi connectivity index (χ3v) is 3.37. The average Bonchev–Trinajstić information content (AvgIpc) is 2.93. The molecule has 4 nitrogen and oxygen atoms in total. The van der Waals surface area contributed by atoms with E-state index in [0.29, 0.717) is 13.0 Å². The lowest BCUT2D eigenvalue weighted by molar-refractivity contribution is -0.131. The van der Waals surface area contributed by atoms with Gasteiger partial charge in [-0.2, -0.15) is 0 Å². The number of hydrogen-bond donors (Lipinski definition) is 2. The summed E-state index contributed by atoms with van der Waals surface area (Å²) in [5.74, 6) is -0.966. The summed E-state index contributed by atoms with van der Waals surface area (Å²) < 4.78 is 19.1. The van der Waals surface area contributed by atoms with Gasteiger partial charge in [-0.1, -0.05) is 23.7 Å². The molecule has 1 aromatic carbocycles. The van der Waals surface area contributed by atoms with E-state index in [1.54, 1.807) is 6.07 Å². The molecule has 2 N–H and O–H groups in total. The maximum atomic E-state index is 13.8. The third-order valence-electron chi connectivity index (χ3n) is 3.08. The van der Waals surface area contributed by atoms with E-state index in [2.05, 4.69) is 5.32 Å². The summed E-state index contributed by atoms with van der Waals surface area (Å²) in [6, 6.07) is 3.64. The van der Waals surface area contributed by atoms with E-state index in [0.717, 1.165) is 6.42 Å². The Hall–Kier alpha value is -1.17. The Morgan fingerprint density at radius 1 is 1.63 bits per heavy atom. The SMILES string of the molecule is O=C(N[C@@H](CO)c1cccc(Cl)c1F)[C@@H]1CCCO1. The van der Waals surface area contributed by atoms with Crippen LogP contribution in [0.2, 0.25) is 5.02 Å². The molecule has 0 radical (unpaired) electrons. The average molecular weight is 288 g/mol. The predicted molar refractivity (Wildman–Crippen MR) is 68.4 cm³/mol. The first-order valence-electron chi connectivity index (χ1n) is 6.10. The number of aliphatic hydroxyl groups is 1. The molecular formula is C13H15ClFNO3. The lowest BCUT2D eigenvalue weighted by Crippen LogP contribution is -2.38. The maximum Gasteiger partial charge on any atom is 0.249 e. The highest BCUT2D eigenvalue weighted by Gasteiger charge is 2.27. The second-order valence-corrected chi connectivity index (χ2v) is 4.80. The Balaban J connectivity index is 2.11. The number of carbonyl (C=O) groups excluding carboxylic acids is 1. The number of hydrogen-bond acceptors (Lipinski definition) is 3. The van der Waals surface area contributed by atoms with Crippen molar-refractivity contribution < 1.29 is 19.0 Å². The Morgan fingerprint density at radius 2 is 2.42 bits per heavy atom. The fraction of sp³-hybridized carbons (Fsp3) is 0.462. The number of rotatable bonds is 4. The largest absolute Gasteiger partial charge is 0.394 e. The highest BCUT2D eigenvalue weighted by Crippen LogP contribution is 2.24. The summed E-state index contributed by atoms with van der Waals surface area (Å²) in [6.45, 7) is 0.142. The minimum absolute atomic E-state index is 0.0395. The van der Waals surface area contributed by atoms with Crippen molar-refractivity contribution in [3.05, 3.63) is 34.6 Å². The molecule has 2 rings (SSSR count). The van der Waals surface area contributed by atoms with Crippen molar-refractivity contribution in [2.75, 3.05) is 13.2 Å². The van der Waals surface area contributed by atoms with Crippen molar-refractivity contribution in [3.8, 4) is 0 Å². The smallest absolute Gasteiger partial charge is 0.249 e. The van der Waals surface area contributed by atoms with E-state index < -0.39 is 24.6 Å². The monoisotopic (exact) mass is 287 g/mol. The Labute approximate surface area is 115 Å². The van der Waals surface area contributed by atoms with Crippen LogP contribution < -0.4 is 5.32 Å². The minimum atomic E-state index is -0.824. The Kier molecular flexibility index (Phi) is 4.74. The fourth-order valence-corrected chi connectivity index (χ4v) is 2.24. The number of halogens is 2. The third kappa shape index (κ3) is 3.23. The number of ether oxygens (including phenoxy) is 1. The van der Waals surface area contributed by atoms with E-state index in [1.165, 1.54) is 12.1 Å². The first-order valence-corrected chi connectivity index (χ1v) is 6.48. The van der Waals surface area contributed by atoms with Gasteiger partial charge in [0.1, 0.15) is 11.9 Å². The van der Waals surface area contributed by atoms with E-state index in [1.807, 2.05) is 0 Å². The van der Waals surface area contributed by atoms with Gasteiger partial charge in [-0.05, 0) is 18.9 Å². The topological polar surface area (TPSA) is 58.6 Å². The van der Waals surface area contributed by atoms with Crippen LogP contribution in [0.15, 0.2) is 18.2 Å². The second-order valence-electron chi connectivity index (χ2n) is 4.39. The number of carbonyl (C=O) groups is 1. The summed E-state index contributed by atoms with van der Waals surface area (Å²) >= 11 is 5.68. The standard InChI is InChI=1S/C13H15ClFNO3/c14-9-4-1-3-8(12(9)15)10(7-17)16-13(18)11-5-2-6-19-11/h1,3-4,10-11,17H,2,5-7H2,(H,16,18)/t10-,11-/m0/s1. The van der Waals surface area contributed by atoms with Gasteiger partial charge in [-0.25, -0.2) is 4.39 Å². The van der Waals surface area contributed by atoms with Crippen LogP contribution in [0, 0.1) is 5.82 Å². The summed E-state index contributed by atoms with van der Waals surface area (Å²) in [5, 5.41) is 11.9. The molecule has 0 spiro atoms. The van der Waals surface area contributed by atoms with Gasteiger partial charge < -0.3 is 15.2 Å². The summed E-state index contributed by atoms with van der Waals surface area (Å²) in [4.78, 5) is 11.9. The zero-order valence-corrected chi connectivity index (χ0v) is 11.0. The van der Waals surface area contributed by atoms with Crippen LogP contribution in [-0.2, 0) is 9.53 Å². The molecule has 0 bridgehead atoms. The van der Waals surface area contributed by atoms with Crippen molar-refractivity contribution in [2.24, 2.45) is 0 Å². The molecule has 6 heteroatoms. The molecule has 104 valence electrons. The van der Waals surface area contributed by atoms with E-state index in [9.17, 15) is 14.3 Å². The predicted octanol–water partition coefficient (Wildman–Crippen LogP) is 1.81. The molecule has 0 saturated carbocycles. The lowest BCUT2D eigenvalue weighted by Gasteiger charge is -2.19. The van der Waals surface area contributed by atoms with Gasteiger partial charge in [-0.15, -0.1) is 0 Å². The highest BCUT2D eigenvalue weighted by atomic mass is 35.5. The molecule has 0 aromatic heterocycles. The zero-order valence-electron chi connectivity index (χ0n) is 10.2. The van der Waals surface area contributed by atoms with Crippen molar-refractivity contribution in [3.63, 3.8) is 0 Å². The van der Waals surface area contributed by atoms with Crippen molar-refractivity contribution >= 4 is 17.5 Å². The summed E-state index contributed by atoms with van der Waals surface area (Å²) in [5.41, 5.74) is 0.168. The maximum absolute atomic E-state index is 13.8. The van der Waals surface area contributed by atoms with Gasteiger partial charge in [0.2, 0.25) is 5.91 Å². The number of nitrogens with one attached hydrogen (secondary N) is 1. The first kappa shape index (κ1) is 14.2. The molecule has 1 aromatic rings. The Morgan fingerprint density at radius 3 is 3.05 bits per heavy atom. The van der Waals surface area contributed by atoms with Gasteiger partial charge in [0.05, 0.1) is 17.7 Å². The van der Waals surface area contributed by atoms with E-state index >= 15 is 0 Å². The van der Waals surface area contributed by atoms with Crippen LogP contribution in [-0.4, -0.2) is 30.3 Å². The lowest BCUT2D eigenvalue weighted by atomic mass is 10.1. The molecule has 1 fully saturated rings. The minimum Gasteiger partial charge on any atom is -0.394 e. The van der Waals surface area contributed by atoms with Crippen LogP contribution in [0.4, 0.5) is 4.39 Å². The second kappa shape index (κ2) is 6.32. The molecular weight excluding hydrogens is 273 g/mol. The molecule has 1 heterocycles. The van der Waals surface area contributed by atoms with E-state index in [4.69, 9.17) is 16.3 Å². The van der Waals surface area contributed by atoms with Gasteiger partial charge in [-0.3, -0.25) is 4.79 Å². The molecule has 0 unspecified atom stereocenters. The van der Waals surface area contributed by atoms with Crippen molar-refractivity contribution in [2.45, 2.75) is 25.0 Å². The summed E-state index contributed by atoms with van der Waals surface area (Å²) in [6.07, 6.45) is 0.950. The molecule has 0 aliphatic carbocycles. The normalized spacial score (nSPS) is 20.3. The van der Waals surface area contributed by atoms with Gasteiger partial charge in [0.15, 0.2) is 0 Å². The van der Waals surface area contributed by atoms with Crippen LogP contribution in [0.5, 0.6) is 0 Å². The van der Waals surface area contributed by atoms with Crippen molar-refractivity contribution in [1.29, 1.82) is 0 Å². The van der Waals surface area contributed by atoms with Crippen LogP contribution in [0.3, 0.4) is 0 Å². The quantitative estimate of drug-likeness (QED) is 0.888. The molecule has 1 saturated heterocycles. The molecule has 1 aliphatic rings. The number of aliphatic hydroxyl groups excluding tert-OH is 1. The summed E-state index contributed by atoms with van der Waals surface area (Å²) in [7, 11) is 0. The van der Waals surface area contributed by atoms with Gasteiger partial charge in [0, 0.05) is 12.2 Å². The van der Waals surface area contributed by atoms with Gasteiger partial charge >= 0.3 is 0 Å². The molecule has 2 atom stereocenters. The Bertz CT molecular complexity index is 463. The van der Waals surface area contributed by atoms with Crippen LogP contribution >= 0.6 is 11.6 Å². The number of amides is 1. The van der Waals surface area contributed by atoms with Crippen LogP contribution in [0.25, 0.3) is 0 Å². The molecule has 19 heavy (non-hydrogen) atoms. The first-order chi connectivity index (χ1) is 9.13. The van der Waals surface area contributed by atoms with Gasteiger partial charge in [0.25, 0.3) is 0 Å². The number of benzene rings is 1. The van der Waals surface area contributed by atoms with Crippen LogP contribution in [0.1, 0.15) is 24.4 Å². The highest BCUT2D eigenvalue weighted by molar-refractivity contribution is 6.30. The fourth-order valence-electron chi connectivity index (χ4n) is 2.06. The molecule has 1 aliphatic heterocycles. The zero-order chi connectivity index (χ0) is 13.8. The van der Waals surface area contributed by atoms with E-state index in [-0.39, 0.29) is 16.5 Å².